The van der Waals surface area contributed by atoms with Crippen molar-refractivity contribution in [3.8, 4) is 0 Å². The Bertz CT molecular complexity index is 427. The highest BCUT2D eigenvalue weighted by Crippen LogP contribution is 2.26. The first-order valence-electron chi connectivity index (χ1n) is 5.08. The maximum Gasteiger partial charge on any atom is 0.451 e. The molecule has 1 aliphatic heterocycles. The van der Waals surface area contributed by atoms with E-state index in [2.05, 4.69) is 20.7 Å². The van der Waals surface area contributed by atoms with E-state index < -0.39 is 29.9 Å². The van der Waals surface area contributed by atoms with Crippen molar-refractivity contribution in [2.24, 2.45) is 0 Å². The van der Waals surface area contributed by atoms with Gasteiger partial charge in [-0.3, -0.25) is 15.2 Å². The third-order valence-electron chi connectivity index (χ3n) is 2.23. The SMILES string of the molecule is O=C(Nc1n[nH]c(C(F)(F)F)n1)C1COCCN1. The molecule has 1 atom stereocenters. The number of morpholine rings is 1. The van der Waals surface area contributed by atoms with Gasteiger partial charge in [0.2, 0.25) is 17.7 Å². The second kappa shape index (κ2) is 4.90. The van der Waals surface area contributed by atoms with Gasteiger partial charge in [0.25, 0.3) is 0 Å². The Hall–Kier alpha value is -1.68. The van der Waals surface area contributed by atoms with Crippen molar-refractivity contribution in [2.45, 2.75) is 12.2 Å². The Morgan fingerprint density at radius 3 is 2.83 bits per heavy atom. The monoisotopic (exact) mass is 265 g/mol. The van der Waals surface area contributed by atoms with Crippen LogP contribution in [0.4, 0.5) is 19.1 Å². The predicted molar refractivity (Wildman–Crippen MR) is 52.6 cm³/mol. The molecule has 1 aromatic heterocycles. The van der Waals surface area contributed by atoms with Gasteiger partial charge in [-0.25, -0.2) is 0 Å². The van der Waals surface area contributed by atoms with Gasteiger partial charge < -0.3 is 10.1 Å². The van der Waals surface area contributed by atoms with E-state index in [1.165, 1.54) is 0 Å². The molecule has 0 saturated carbocycles. The molecule has 1 aliphatic rings. The van der Waals surface area contributed by atoms with Crippen LogP contribution in [0, 0.1) is 0 Å². The van der Waals surface area contributed by atoms with Gasteiger partial charge in [0, 0.05) is 6.54 Å². The number of aromatic nitrogens is 3. The number of ether oxygens (including phenoxy) is 1. The molecular weight excluding hydrogens is 255 g/mol. The number of aromatic amines is 1. The lowest BCUT2D eigenvalue weighted by atomic mass is 10.2. The smallest absolute Gasteiger partial charge is 0.378 e. The van der Waals surface area contributed by atoms with Crippen molar-refractivity contribution in [1.29, 1.82) is 0 Å². The lowest BCUT2D eigenvalue weighted by molar-refractivity contribution is -0.144. The molecule has 1 aromatic rings. The number of nitrogens with zero attached hydrogens (tertiary/aromatic N) is 2. The summed E-state index contributed by atoms with van der Waals surface area (Å²) in [6, 6.07) is -0.619. The first kappa shape index (κ1) is 12.8. The molecule has 10 heteroatoms. The summed E-state index contributed by atoms with van der Waals surface area (Å²) in [5.41, 5.74) is 0. The van der Waals surface area contributed by atoms with Gasteiger partial charge in [-0.2, -0.15) is 18.2 Å². The van der Waals surface area contributed by atoms with Gasteiger partial charge in [0.05, 0.1) is 13.2 Å². The molecule has 1 saturated heterocycles. The van der Waals surface area contributed by atoms with E-state index >= 15 is 0 Å². The molecule has 0 bridgehead atoms. The fourth-order valence-electron chi connectivity index (χ4n) is 1.38. The van der Waals surface area contributed by atoms with E-state index in [0.29, 0.717) is 13.2 Å². The average molecular weight is 265 g/mol. The van der Waals surface area contributed by atoms with Crippen LogP contribution in [0.1, 0.15) is 5.82 Å². The Kier molecular flexibility index (Phi) is 3.48. The van der Waals surface area contributed by atoms with Crippen molar-refractivity contribution >= 4 is 11.9 Å². The molecule has 1 fully saturated rings. The average Bonchev–Trinajstić information content (AvgIpc) is 2.78. The van der Waals surface area contributed by atoms with Crippen molar-refractivity contribution in [3.63, 3.8) is 0 Å². The van der Waals surface area contributed by atoms with Crippen molar-refractivity contribution < 1.29 is 22.7 Å². The maximum absolute atomic E-state index is 12.2. The molecule has 1 unspecified atom stereocenters. The third kappa shape index (κ3) is 2.96. The van der Waals surface area contributed by atoms with Crippen molar-refractivity contribution in [1.82, 2.24) is 20.5 Å². The van der Waals surface area contributed by atoms with Crippen LogP contribution in [-0.2, 0) is 15.7 Å². The number of amides is 1. The molecule has 2 heterocycles. The highest BCUT2D eigenvalue weighted by molar-refractivity contribution is 5.93. The van der Waals surface area contributed by atoms with Gasteiger partial charge in [-0.05, 0) is 0 Å². The highest BCUT2D eigenvalue weighted by atomic mass is 19.4. The second-order valence-electron chi connectivity index (χ2n) is 3.58. The molecule has 100 valence electrons. The summed E-state index contributed by atoms with van der Waals surface area (Å²) >= 11 is 0. The van der Waals surface area contributed by atoms with Crippen molar-refractivity contribution in [2.75, 3.05) is 25.1 Å². The molecule has 3 N–H and O–H groups in total. The van der Waals surface area contributed by atoms with Gasteiger partial charge in [0.15, 0.2) is 0 Å². The number of H-pyrrole nitrogens is 1. The minimum absolute atomic E-state index is 0.155. The highest BCUT2D eigenvalue weighted by Gasteiger charge is 2.35. The van der Waals surface area contributed by atoms with Crippen LogP contribution in [-0.4, -0.2) is 46.9 Å². The van der Waals surface area contributed by atoms with Crippen LogP contribution in [0.5, 0.6) is 0 Å². The number of anilines is 1. The van der Waals surface area contributed by atoms with Crippen LogP contribution < -0.4 is 10.6 Å². The summed E-state index contributed by atoms with van der Waals surface area (Å²) in [7, 11) is 0. The Morgan fingerprint density at radius 2 is 2.28 bits per heavy atom. The maximum atomic E-state index is 12.2. The fourth-order valence-corrected chi connectivity index (χ4v) is 1.38. The van der Waals surface area contributed by atoms with E-state index in [1.807, 2.05) is 0 Å². The molecular formula is C8H10F3N5O2. The summed E-state index contributed by atoms with van der Waals surface area (Å²) < 4.78 is 41.7. The zero-order valence-corrected chi connectivity index (χ0v) is 9.04. The minimum Gasteiger partial charge on any atom is -0.378 e. The van der Waals surface area contributed by atoms with E-state index in [4.69, 9.17) is 4.74 Å². The summed E-state index contributed by atoms with van der Waals surface area (Å²) in [4.78, 5) is 14.7. The van der Waals surface area contributed by atoms with Gasteiger partial charge in [-0.1, -0.05) is 0 Å². The number of nitrogens with one attached hydrogen (secondary N) is 3. The molecule has 0 spiro atoms. The summed E-state index contributed by atoms with van der Waals surface area (Å²) in [5.74, 6) is -2.22. The number of hydrogen-bond donors (Lipinski definition) is 3. The molecule has 0 aromatic carbocycles. The molecule has 0 radical (unpaired) electrons. The van der Waals surface area contributed by atoms with Crippen molar-refractivity contribution in [3.05, 3.63) is 5.82 Å². The van der Waals surface area contributed by atoms with Gasteiger partial charge in [0.1, 0.15) is 6.04 Å². The van der Waals surface area contributed by atoms with Crippen LogP contribution >= 0.6 is 0 Å². The number of halogens is 3. The molecule has 1 amide bonds. The molecule has 2 rings (SSSR count). The zero-order valence-electron chi connectivity index (χ0n) is 9.04. The van der Waals surface area contributed by atoms with E-state index in [-0.39, 0.29) is 6.61 Å². The van der Waals surface area contributed by atoms with Crippen LogP contribution in [0.3, 0.4) is 0 Å². The first-order chi connectivity index (χ1) is 8.47. The number of carbonyl (C=O) groups excluding carboxylic acids is 1. The lowest BCUT2D eigenvalue weighted by Gasteiger charge is -2.22. The Morgan fingerprint density at radius 1 is 1.50 bits per heavy atom. The summed E-state index contributed by atoms with van der Waals surface area (Å²) in [5, 5.41) is 9.98. The fraction of sp³-hybridized carbons (Fsp3) is 0.625. The van der Waals surface area contributed by atoms with Gasteiger partial charge >= 0.3 is 6.18 Å². The number of hydrogen-bond acceptors (Lipinski definition) is 5. The van der Waals surface area contributed by atoms with E-state index in [9.17, 15) is 18.0 Å². The van der Waals surface area contributed by atoms with Crippen LogP contribution in [0.25, 0.3) is 0 Å². The van der Waals surface area contributed by atoms with Crippen LogP contribution in [0.15, 0.2) is 0 Å². The van der Waals surface area contributed by atoms with Gasteiger partial charge in [-0.15, -0.1) is 5.10 Å². The number of rotatable bonds is 2. The third-order valence-corrected chi connectivity index (χ3v) is 2.23. The lowest BCUT2D eigenvalue weighted by Crippen LogP contribution is -2.49. The van der Waals surface area contributed by atoms with Crippen LogP contribution in [0.2, 0.25) is 0 Å². The Balaban J connectivity index is 1.96. The summed E-state index contributed by atoms with van der Waals surface area (Å²) in [6.07, 6.45) is -4.62. The molecule has 0 aliphatic carbocycles. The number of carbonyl (C=O) groups is 1. The predicted octanol–water partition coefficient (Wildman–Crippen LogP) is -0.250. The molecule has 7 nitrogen and oxygen atoms in total. The summed E-state index contributed by atoms with van der Waals surface area (Å²) in [6.45, 7) is 1.14. The minimum atomic E-state index is -4.62. The second-order valence-corrected chi connectivity index (χ2v) is 3.58. The largest absolute Gasteiger partial charge is 0.451 e. The normalized spacial score (nSPS) is 20.7. The zero-order chi connectivity index (χ0) is 13.2. The standard InChI is InChI=1S/C8H10F3N5O2/c9-8(10,11)6-14-7(16-15-6)13-5(17)4-3-18-2-1-12-4/h4,12H,1-3H2,(H2,13,14,15,16,17). The topological polar surface area (TPSA) is 91.9 Å². The van der Waals surface area contributed by atoms with E-state index in [0.717, 1.165) is 0 Å². The quantitative estimate of drug-likeness (QED) is 0.686. The Labute approximate surface area is 99.1 Å². The number of alkyl halides is 3. The first-order valence-corrected chi connectivity index (χ1v) is 5.08. The van der Waals surface area contributed by atoms with E-state index in [1.54, 1.807) is 5.10 Å². The molecule has 18 heavy (non-hydrogen) atoms.